The topological polar surface area (TPSA) is 51.7 Å². The minimum Gasteiger partial charge on any atom is -0.474 e. The molecule has 1 aromatic heterocycles. The van der Waals surface area contributed by atoms with Crippen molar-refractivity contribution in [1.82, 2.24) is 4.98 Å². The zero-order valence-electron chi connectivity index (χ0n) is 10.3. The van der Waals surface area contributed by atoms with E-state index in [0.717, 1.165) is 18.5 Å². The van der Waals surface area contributed by atoms with Crippen LogP contribution in [0.4, 0.5) is 5.69 Å². The number of ether oxygens (including phenoxy) is 2. The van der Waals surface area contributed by atoms with E-state index in [0.29, 0.717) is 19.0 Å². The molecule has 0 spiro atoms. The fourth-order valence-corrected chi connectivity index (χ4v) is 2.44. The molecule has 1 fully saturated rings. The molecule has 2 aliphatic heterocycles. The molecule has 0 aromatic carbocycles. The number of amides is 1. The van der Waals surface area contributed by atoms with Crippen LogP contribution in [0.2, 0.25) is 0 Å². The second kappa shape index (κ2) is 4.57. The Morgan fingerprint density at radius 3 is 3.17 bits per heavy atom. The molecule has 0 bridgehead atoms. The lowest BCUT2D eigenvalue weighted by molar-refractivity contribution is -0.129. The number of hydrogen-bond acceptors (Lipinski definition) is 4. The molecule has 5 nitrogen and oxygen atoms in total. The zero-order chi connectivity index (χ0) is 12.5. The number of anilines is 1. The van der Waals surface area contributed by atoms with E-state index in [-0.39, 0.29) is 18.1 Å². The number of carbonyl (C=O) groups excluding carboxylic acids is 1. The number of pyridine rings is 1. The van der Waals surface area contributed by atoms with Crippen LogP contribution in [0.15, 0.2) is 18.3 Å². The highest BCUT2D eigenvalue weighted by Crippen LogP contribution is 2.31. The van der Waals surface area contributed by atoms with Crippen molar-refractivity contribution in [3.05, 3.63) is 18.3 Å². The van der Waals surface area contributed by atoms with Crippen LogP contribution >= 0.6 is 0 Å². The molecule has 1 amide bonds. The standard InChI is InChI=1S/C13H16N2O3/c1-9-4-5-11(18-9)13(16)15-7-8-17-12-10(15)3-2-6-14-12/h2-3,6,9,11H,4-5,7-8H2,1H3/t9-,11-/m0/s1. The molecule has 0 saturated carbocycles. The van der Waals surface area contributed by atoms with Gasteiger partial charge in [-0.25, -0.2) is 4.98 Å². The summed E-state index contributed by atoms with van der Waals surface area (Å²) in [4.78, 5) is 18.3. The van der Waals surface area contributed by atoms with Crippen molar-refractivity contribution < 1.29 is 14.3 Å². The predicted molar refractivity (Wildman–Crippen MR) is 65.7 cm³/mol. The van der Waals surface area contributed by atoms with E-state index in [9.17, 15) is 4.79 Å². The van der Waals surface area contributed by atoms with Gasteiger partial charge in [0.25, 0.3) is 5.91 Å². The van der Waals surface area contributed by atoms with Crippen LogP contribution in [-0.4, -0.2) is 36.3 Å². The first-order valence-electron chi connectivity index (χ1n) is 6.30. The van der Waals surface area contributed by atoms with Crippen LogP contribution in [0.5, 0.6) is 5.88 Å². The Balaban J connectivity index is 1.83. The summed E-state index contributed by atoms with van der Waals surface area (Å²) in [6.07, 6.45) is 3.27. The van der Waals surface area contributed by atoms with Gasteiger partial charge in [0.15, 0.2) is 0 Å². The van der Waals surface area contributed by atoms with E-state index < -0.39 is 0 Å². The average molecular weight is 248 g/mol. The third kappa shape index (κ3) is 1.95. The van der Waals surface area contributed by atoms with Crippen LogP contribution in [0.3, 0.4) is 0 Å². The van der Waals surface area contributed by atoms with Crippen LogP contribution in [0.1, 0.15) is 19.8 Å². The largest absolute Gasteiger partial charge is 0.474 e. The molecule has 18 heavy (non-hydrogen) atoms. The predicted octanol–water partition coefficient (Wildman–Crippen LogP) is 1.37. The molecule has 5 heteroatoms. The highest BCUT2D eigenvalue weighted by atomic mass is 16.5. The molecule has 0 unspecified atom stereocenters. The van der Waals surface area contributed by atoms with E-state index in [4.69, 9.17) is 9.47 Å². The Labute approximate surface area is 106 Å². The van der Waals surface area contributed by atoms with Gasteiger partial charge >= 0.3 is 0 Å². The Morgan fingerprint density at radius 1 is 1.50 bits per heavy atom. The molecular formula is C13H16N2O3. The Hall–Kier alpha value is -1.62. The molecule has 0 N–H and O–H groups in total. The SMILES string of the molecule is C[C@H]1CC[C@@H](C(=O)N2CCOc3ncccc32)O1. The smallest absolute Gasteiger partial charge is 0.256 e. The number of carbonyl (C=O) groups is 1. The summed E-state index contributed by atoms with van der Waals surface area (Å²) in [5.74, 6) is 0.556. The van der Waals surface area contributed by atoms with Crippen molar-refractivity contribution in [3.8, 4) is 5.88 Å². The van der Waals surface area contributed by atoms with Gasteiger partial charge in [-0.1, -0.05) is 0 Å². The summed E-state index contributed by atoms with van der Waals surface area (Å²) >= 11 is 0. The van der Waals surface area contributed by atoms with E-state index in [1.165, 1.54) is 0 Å². The van der Waals surface area contributed by atoms with Crippen molar-refractivity contribution >= 4 is 11.6 Å². The van der Waals surface area contributed by atoms with E-state index in [2.05, 4.69) is 4.98 Å². The van der Waals surface area contributed by atoms with Gasteiger partial charge < -0.3 is 14.4 Å². The molecule has 0 radical (unpaired) electrons. The highest BCUT2D eigenvalue weighted by Gasteiger charge is 2.34. The van der Waals surface area contributed by atoms with Crippen molar-refractivity contribution in [2.75, 3.05) is 18.1 Å². The molecule has 3 heterocycles. The van der Waals surface area contributed by atoms with Crippen molar-refractivity contribution in [2.45, 2.75) is 32.0 Å². The average Bonchev–Trinajstić information content (AvgIpc) is 2.84. The number of nitrogens with zero attached hydrogens (tertiary/aromatic N) is 2. The molecule has 2 aliphatic rings. The first kappa shape index (κ1) is 11.5. The van der Waals surface area contributed by atoms with Crippen LogP contribution in [-0.2, 0) is 9.53 Å². The highest BCUT2D eigenvalue weighted by molar-refractivity contribution is 5.98. The van der Waals surface area contributed by atoms with Crippen LogP contribution in [0.25, 0.3) is 0 Å². The molecule has 96 valence electrons. The van der Waals surface area contributed by atoms with Gasteiger partial charge in [0, 0.05) is 6.20 Å². The summed E-state index contributed by atoms with van der Waals surface area (Å²) < 4.78 is 11.1. The second-order valence-corrected chi connectivity index (χ2v) is 4.68. The third-order valence-electron chi connectivity index (χ3n) is 3.37. The van der Waals surface area contributed by atoms with Gasteiger partial charge in [-0.2, -0.15) is 0 Å². The van der Waals surface area contributed by atoms with Gasteiger partial charge in [-0.3, -0.25) is 4.79 Å². The monoisotopic (exact) mass is 248 g/mol. The summed E-state index contributed by atoms with van der Waals surface area (Å²) in [7, 11) is 0. The molecule has 2 atom stereocenters. The first-order valence-corrected chi connectivity index (χ1v) is 6.30. The Kier molecular flexibility index (Phi) is 2.91. The maximum atomic E-state index is 12.4. The quantitative estimate of drug-likeness (QED) is 0.753. The first-order chi connectivity index (χ1) is 8.75. The Morgan fingerprint density at radius 2 is 2.39 bits per heavy atom. The maximum Gasteiger partial charge on any atom is 0.256 e. The van der Waals surface area contributed by atoms with Crippen molar-refractivity contribution in [2.24, 2.45) is 0 Å². The summed E-state index contributed by atoms with van der Waals surface area (Å²) in [6.45, 7) is 3.05. The number of fused-ring (bicyclic) bond motifs is 1. The minimum absolute atomic E-state index is 0.0249. The van der Waals surface area contributed by atoms with E-state index in [1.807, 2.05) is 19.1 Å². The zero-order valence-corrected chi connectivity index (χ0v) is 10.3. The van der Waals surface area contributed by atoms with E-state index >= 15 is 0 Å². The van der Waals surface area contributed by atoms with Crippen molar-refractivity contribution in [3.63, 3.8) is 0 Å². The lowest BCUT2D eigenvalue weighted by atomic mass is 10.1. The van der Waals surface area contributed by atoms with E-state index in [1.54, 1.807) is 11.1 Å². The lowest BCUT2D eigenvalue weighted by Crippen LogP contribution is -2.44. The van der Waals surface area contributed by atoms with Gasteiger partial charge in [0.1, 0.15) is 18.4 Å². The van der Waals surface area contributed by atoms with Gasteiger partial charge in [-0.15, -0.1) is 0 Å². The lowest BCUT2D eigenvalue weighted by Gasteiger charge is -2.30. The molecule has 3 rings (SSSR count). The minimum atomic E-state index is -0.314. The normalized spacial score (nSPS) is 26.6. The summed E-state index contributed by atoms with van der Waals surface area (Å²) in [5.41, 5.74) is 0.747. The van der Waals surface area contributed by atoms with Crippen LogP contribution < -0.4 is 9.64 Å². The molecule has 1 saturated heterocycles. The van der Waals surface area contributed by atoms with Gasteiger partial charge in [-0.05, 0) is 31.9 Å². The third-order valence-corrected chi connectivity index (χ3v) is 3.37. The molecular weight excluding hydrogens is 232 g/mol. The van der Waals surface area contributed by atoms with Crippen molar-refractivity contribution in [1.29, 1.82) is 0 Å². The number of rotatable bonds is 1. The van der Waals surface area contributed by atoms with Gasteiger partial charge in [0.05, 0.1) is 12.6 Å². The number of hydrogen-bond donors (Lipinski definition) is 0. The van der Waals surface area contributed by atoms with Crippen LogP contribution in [0, 0.1) is 0 Å². The maximum absolute atomic E-state index is 12.4. The van der Waals surface area contributed by atoms with Gasteiger partial charge in [0.2, 0.25) is 5.88 Å². The number of aromatic nitrogens is 1. The molecule has 1 aromatic rings. The fraction of sp³-hybridized carbons (Fsp3) is 0.538. The summed E-state index contributed by atoms with van der Waals surface area (Å²) in [5, 5.41) is 0. The summed E-state index contributed by atoms with van der Waals surface area (Å²) in [6, 6.07) is 3.67. The fourth-order valence-electron chi connectivity index (χ4n) is 2.44. The Bertz CT molecular complexity index is 463. The molecule has 0 aliphatic carbocycles. The second-order valence-electron chi connectivity index (χ2n) is 4.68.